The summed E-state index contributed by atoms with van der Waals surface area (Å²) in [5, 5.41) is 16.2. The number of aromatic amines is 2. The quantitative estimate of drug-likeness (QED) is 0.414. The van der Waals surface area contributed by atoms with E-state index < -0.39 is 5.69 Å². The molecular formula is C22H19N7O2. The number of rotatable bonds is 3. The Morgan fingerprint density at radius 1 is 1.23 bits per heavy atom. The molecule has 1 aliphatic rings. The van der Waals surface area contributed by atoms with Gasteiger partial charge in [0.2, 0.25) is 5.88 Å². The standard InChI is InChI=1S/C22H19N7O2/c1-12-2-3-13-6-7-28(17(13)8-12)18-10-19(24-15-4-5-15)29-20(26-18)14(11-23-29)9-16-21(30)27-22(31)25-16/h2-3,6-11,15,30H,4-5H2,1H3,(H2,25,27,31)/b14-9-,24-19?. The Labute approximate surface area is 175 Å². The molecule has 0 unspecified atom stereocenters. The Kier molecular flexibility index (Phi) is 3.67. The summed E-state index contributed by atoms with van der Waals surface area (Å²) < 4.78 is 3.74. The topological polar surface area (TPSA) is 116 Å². The molecule has 0 spiro atoms. The number of nitrogens with zero attached hydrogens (tertiary/aromatic N) is 5. The van der Waals surface area contributed by atoms with Crippen molar-refractivity contribution in [2.45, 2.75) is 25.8 Å². The molecule has 0 amide bonds. The molecule has 0 saturated heterocycles. The Balaban J connectivity index is 1.65. The zero-order chi connectivity index (χ0) is 21.1. The fraction of sp³-hybridized carbons (Fsp3) is 0.182. The van der Waals surface area contributed by atoms with Crippen molar-refractivity contribution in [3.05, 3.63) is 75.2 Å². The van der Waals surface area contributed by atoms with Crippen LogP contribution < -0.4 is 16.4 Å². The van der Waals surface area contributed by atoms with Crippen LogP contribution in [0.4, 0.5) is 0 Å². The number of hydrogen-bond donors (Lipinski definition) is 3. The molecule has 0 bridgehead atoms. The highest BCUT2D eigenvalue weighted by atomic mass is 16.3. The average molecular weight is 413 g/mol. The fourth-order valence-corrected chi connectivity index (χ4v) is 3.75. The largest absolute Gasteiger partial charge is 0.493 e. The molecule has 4 aromatic heterocycles. The summed E-state index contributed by atoms with van der Waals surface area (Å²) in [7, 11) is 0. The molecule has 9 nitrogen and oxygen atoms in total. The lowest BCUT2D eigenvalue weighted by atomic mass is 10.2. The van der Waals surface area contributed by atoms with Crippen LogP contribution in [0.1, 0.15) is 24.1 Å². The van der Waals surface area contributed by atoms with Gasteiger partial charge in [-0.3, -0.25) is 9.98 Å². The summed E-state index contributed by atoms with van der Waals surface area (Å²) in [4.78, 5) is 26.1. The van der Waals surface area contributed by atoms with Crippen LogP contribution >= 0.6 is 0 Å². The summed E-state index contributed by atoms with van der Waals surface area (Å²) in [5.74, 6) is 0.504. The number of aromatic nitrogens is 6. The number of imidazole rings is 1. The molecule has 1 fully saturated rings. The first-order valence-corrected chi connectivity index (χ1v) is 10.1. The third kappa shape index (κ3) is 3.02. The second-order valence-corrected chi connectivity index (χ2v) is 7.90. The molecule has 154 valence electrons. The van der Waals surface area contributed by atoms with E-state index in [1.807, 2.05) is 16.8 Å². The van der Waals surface area contributed by atoms with Gasteiger partial charge in [0.05, 0.1) is 17.8 Å². The van der Waals surface area contributed by atoms with E-state index in [1.54, 1.807) is 16.8 Å². The Bertz CT molecular complexity index is 1650. The second kappa shape index (κ2) is 6.43. The van der Waals surface area contributed by atoms with Crippen molar-refractivity contribution in [1.82, 2.24) is 29.1 Å². The van der Waals surface area contributed by atoms with Gasteiger partial charge in [-0.2, -0.15) is 9.61 Å². The molecule has 5 aromatic rings. The molecular weight excluding hydrogens is 394 g/mol. The van der Waals surface area contributed by atoms with Crippen LogP contribution in [-0.4, -0.2) is 40.3 Å². The van der Waals surface area contributed by atoms with Crippen LogP contribution in [0.15, 0.2) is 52.5 Å². The van der Waals surface area contributed by atoms with Crippen molar-refractivity contribution < 1.29 is 5.11 Å². The maximum Gasteiger partial charge on any atom is 0.326 e. The number of H-pyrrole nitrogens is 2. The average Bonchev–Trinajstić information content (AvgIpc) is 3.17. The van der Waals surface area contributed by atoms with Gasteiger partial charge in [0.25, 0.3) is 0 Å². The number of aromatic hydroxyl groups is 1. The van der Waals surface area contributed by atoms with E-state index in [9.17, 15) is 9.90 Å². The Morgan fingerprint density at radius 2 is 2.10 bits per heavy atom. The molecule has 0 atom stereocenters. The number of nitrogens with one attached hydrogen (secondary N) is 2. The first kappa shape index (κ1) is 17.7. The molecule has 1 aromatic carbocycles. The molecule has 6 rings (SSSR count). The summed E-state index contributed by atoms with van der Waals surface area (Å²) in [6.45, 7) is 2.06. The van der Waals surface area contributed by atoms with E-state index in [-0.39, 0.29) is 11.6 Å². The minimum absolute atomic E-state index is 0.227. The minimum atomic E-state index is -0.479. The molecule has 31 heavy (non-hydrogen) atoms. The normalized spacial score (nSPS) is 15.5. The lowest BCUT2D eigenvalue weighted by Crippen LogP contribution is -2.20. The van der Waals surface area contributed by atoms with E-state index in [2.05, 4.69) is 46.3 Å². The van der Waals surface area contributed by atoms with Gasteiger partial charge < -0.3 is 14.7 Å². The van der Waals surface area contributed by atoms with Crippen molar-refractivity contribution in [1.29, 1.82) is 0 Å². The summed E-state index contributed by atoms with van der Waals surface area (Å²) >= 11 is 0. The van der Waals surface area contributed by atoms with Crippen LogP contribution in [0.5, 0.6) is 5.88 Å². The molecule has 0 aliphatic heterocycles. The van der Waals surface area contributed by atoms with Crippen LogP contribution in [-0.2, 0) is 0 Å². The first-order chi connectivity index (χ1) is 15.0. The Morgan fingerprint density at radius 3 is 2.87 bits per heavy atom. The second-order valence-electron chi connectivity index (χ2n) is 7.90. The van der Waals surface area contributed by atoms with Gasteiger partial charge in [0.1, 0.15) is 11.5 Å². The van der Waals surface area contributed by atoms with Crippen molar-refractivity contribution in [3.63, 3.8) is 0 Å². The van der Waals surface area contributed by atoms with Gasteiger partial charge in [-0.25, -0.2) is 9.78 Å². The first-order valence-electron chi connectivity index (χ1n) is 10.1. The van der Waals surface area contributed by atoms with Crippen LogP contribution in [0.25, 0.3) is 28.4 Å². The zero-order valence-corrected chi connectivity index (χ0v) is 16.7. The van der Waals surface area contributed by atoms with Gasteiger partial charge in [-0.1, -0.05) is 12.1 Å². The molecule has 4 heterocycles. The highest BCUT2D eigenvalue weighted by molar-refractivity contribution is 5.82. The minimum Gasteiger partial charge on any atom is -0.493 e. The molecule has 3 N–H and O–H groups in total. The van der Waals surface area contributed by atoms with E-state index in [1.165, 1.54) is 5.56 Å². The lowest BCUT2D eigenvalue weighted by molar-refractivity contribution is 0.454. The van der Waals surface area contributed by atoms with E-state index in [4.69, 9.17) is 9.98 Å². The predicted molar refractivity (Wildman–Crippen MR) is 115 cm³/mol. The van der Waals surface area contributed by atoms with Crippen molar-refractivity contribution in [2.24, 2.45) is 4.99 Å². The Hall–Kier alpha value is -4.14. The highest BCUT2D eigenvalue weighted by Gasteiger charge is 2.20. The SMILES string of the molecule is Cc1ccc2ccn(-c3cc(=NC4CC4)n4nc/c(=C/c5[nH]c(=O)[nH]c5O)c4n3)c2c1. The monoisotopic (exact) mass is 413 g/mol. The lowest BCUT2D eigenvalue weighted by Gasteiger charge is -2.06. The molecule has 9 heteroatoms. The smallest absolute Gasteiger partial charge is 0.326 e. The summed E-state index contributed by atoms with van der Waals surface area (Å²) in [6.07, 6.45) is 7.44. The summed E-state index contributed by atoms with van der Waals surface area (Å²) in [6, 6.07) is 10.6. The van der Waals surface area contributed by atoms with Gasteiger partial charge in [-0.15, -0.1) is 0 Å². The van der Waals surface area contributed by atoms with E-state index in [0.717, 1.165) is 35.1 Å². The number of aryl methyl sites for hydroxylation is 1. The van der Waals surface area contributed by atoms with Crippen LogP contribution in [0, 0.1) is 6.92 Å². The van der Waals surface area contributed by atoms with E-state index >= 15 is 0 Å². The van der Waals surface area contributed by atoms with Crippen LogP contribution in [0.3, 0.4) is 0 Å². The van der Waals surface area contributed by atoms with Gasteiger partial charge in [-0.05, 0) is 43.5 Å². The third-order valence-electron chi connectivity index (χ3n) is 5.46. The maximum absolute atomic E-state index is 11.5. The molecule has 1 saturated carbocycles. The van der Waals surface area contributed by atoms with E-state index in [0.29, 0.717) is 16.9 Å². The molecule has 0 radical (unpaired) electrons. The number of benzene rings is 1. The summed E-state index contributed by atoms with van der Waals surface area (Å²) in [5.41, 5.74) is 3.34. The molecule has 1 aliphatic carbocycles. The van der Waals surface area contributed by atoms with Gasteiger partial charge in [0, 0.05) is 22.9 Å². The van der Waals surface area contributed by atoms with Gasteiger partial charge in [0.15, 0.2) is 11.1 Å². The third-order valence-corrected chi connectivity index (χ3v) is 5.46. The number of fused-ring (bicyclic) bond motifs is 2. The number of hydrogen-bond acceptors (Lipinski definition) is 5. The predicted octanol–water partition coefficient (Wildman–Crippen LogP) is 1.31. The van der Waals surface area contributed by atoms with Crippen molar-refractivity contribution >= 4 is 22.6 Å². The maximum atomic E-state index is 11.5. The highest BCUT2D eigenvalue weighted by Crippen LogP contribution is 2.23. The van der Waals surface area contributed by atoms with Crippen LogP contribution in [0.2, 0.25) is 0 Å². The van der Waals surface area contributed by atoms with Gasteiger partial charge >= 0.3 is 5.69 Å². The van der Waals surface area contributed by atoms with Crippen molar-refractivity contribution in [2.75, 3.05) is 0 Å². The fourth-order valence-electron chi connectivity index (χ4n) is 3.75. The zero-order valence-electron chi connectivity index (χ0n) is 16.7. The van der Waals surface area contributed by atoms with Crippen molar-refractivity contribution in [3.8, 4) is 11.7 Å².